The Kier molecular flexibility index (Phi) is 4.08. The molecule has 1 atom stereocenters. The molecular formula is C11H22N2O. The van der Waals surface area contributed by atoms with Crippen LogP contribution < -0.4 is 11.1 Å². The molecule has 0 heterocycles. The Labute approximate surface area is 86.4 Å². The minimum atomic E-state index is -0.127. The maximum absolute atomic E-state index is 11.8. The Morgan fingerprint density at radius 3 is 2.57 bits per heavy atom. The monoisotopic (exact) mass is 198 g/mol. The van der Waals surface area contributed by atoms with E-state index in [9.17, 15) is 4.79 Å². The van der Waals surface area contributed by atoms with E-state index in [0.717, 1.165) is 6.54 Å². The number of Topliss-reactive ketones (excluding diaryl/α,β-unsaturated/α-hetero) is 1. The van der Waals surface area contributed by atoms with Crippen LogP contribution >= 0.6 is 0 Å². The lowest BCUT2D eigenvalue weighted by Crippen LogP contribution is -2.45. The summed E-state index contributed by atoms with van der Waals surface area (Å²) in [5, 5.41) is 3.13. The highest BCUT2D eigenvalue weighted by Gasteiger charge is 2.35. The van der Waals surface area contributed by atoms with E-state index in [4.69, 9.17) is 5.73 Å². The van der Waals surface area contributed by atoms with Crippen molar-refractivity contribution < 1.29 is 4.79 Å². The fraction of sp³-hybridized carbons (Fsp3) is 0.909. The molecule has 0 aromatic heterocycles. The lowest BCUT2D eigenvalue weighted by atomic mass is 9.67. The van der Waals surface area contributed by atoms with Crippen LogP contribution in [0.15, 0.2) is 0 Å². The van der Waals surface area contributed by atoms with Crippen LogP contribution in [0.5, 0.6) is 0 Å². The zero-order valence-electron chi connectivity index (χ0n) is 9.31. The zero-order chi connectivity index (χ0) is 10.6. The van der Waals surface area contributed by atoms with Crippen LogP contribution in [0.1, 0.15) is 39.5 Å². The second-order valence-corrected chi connectivity index (χ2v) is 4.65. The maximum Gasteiger partial charge on any atom is 0.151 e. The Bertz CT molecular complexity index is 199. The van der Waals surface area contributed by atoms with Crippen LogP contribution in [-0.4, -0.2) is 24.9 Å². The van der Waals surface area contributed by atoms with Crippen molar-refractivity contribution in [2.24, 2.45) is 11.1 Å². The van der Waals surface area contributed by atoms with Gasteiger partial charge < -0.3 is 11.1 Å². The summed E-state index contributed by atoms with van der Waals surface area (Å²) in [6, 6.07) is -0.127. The third-order valence-electron chi connectivity index (χ3n) is 3.24. The van der Waals surface area contributed by atoms with E-state index in [0.29, 0.717) is 13.0 Å². The molecule has 0 radical (unpaired) electrons. The summed E-state index contributed by atoms with van der Waals surface area (Å²) in [5.74, 6) is 0.288. The number of hydrogen-bond acceptors (Lipinski definition) is 3. The van der Waals surface area contributed by atoms with Gasteiger partial charge in [0.05, 0.1) is 6.04 Å². The van der Waals surface area contributed by atoms with Crippen molar-refractivity contribution >= 4 is 5.78 Å². The first-order valence-electron chi connectivity index (χ1n) is 5.57. The summed E-state index contributed by atoms with van der Waals surface area (Å²) in [6.45, 7) is 5.43. The highest BCUT2D eigenvalue weighted by Crippen LogP contribution is 2.43. The number of carbonyl (C=O) groups is 1. The van der Waals surface area contributed by atoms with Gasteiger partial charge in [0.1, 0.15) is 0 Å². The maximum atomic E-state index is 11.8. The molecule has 0 unspecified atom stereocenters. The molecule has 82 valence electrons. The molecule has 3 heteroatoms. The minimum Gasteiger partial charge on any atom is -0.328 e. The molecule has 14 heavy (non-hydrogen) atoms. The first kappa shape index (κ1) is 11.7. The summed E-state index contributed by atoms with van der Waals surface area (Å²) < 4.78 is 0. The summed E-state index contributed by atoms with van der Waals surface area (Å²) in [4.78, 5) is 11.8. The molecule has 3 N–H and O–H groups in total. The third kappa shape index (κ3) is 2.79. The van der Waals surface area contributed by atoms with Gasteiger partial charge in [-0.05, 0) is 24.8 Å². The van der Waals surface area contributed by atoms with Gasteiger partial charge in [-0.3, -0.25) is 4.79 Å². The number of nitrogens with two attached hydrogens (primary N) is 1. The highest BCUT2D eigenvalue weighted by atomic mass is 16.1. The van der Waals surface area contributed by atoms with Gasteiger partial charge in [-0.1, -0.05) is 20.3 Å². The van der Waals surface area contributed by atoms with Crippen molar-refractivity contribution in [2.75, 3.05) is 13.1 Å². The van der Waals surface area contributed by atoms with E-state index in [1.165, 1.54) is 19.3 Å². The molecule has 0 saturated heterocycles. The van der Waals surface area contributed by atoms with E-state index in [-0.39, 0.29) is 17.2 Å². The summed E-state index contributed by atoms with van der Waals surface area (Å²) in [6.07, 6.45) is 4.37. The molecule has 0 spiro atoms. The molecule has 1 fully saturated rings. The van der Waals surface area contributed by atoms with Gasteiger partial charge in [0, 0.05) is 13.0 Å². The molecule has 1 rings (SSSR count). The van der Waals surface area contributed by atoms with E-state index >= 15 is 0 Å². The fourth-order valence-corrected chi connectivity index (χ4v) is 2.08. The summed E-state index contributed by atoms with van der Waals surface area (Å²) in [5.41, 5.74) is 5.83. The van der Waals surface area contributed by atoms with Crippen LogP contribution in [0.3, 0.4) is 0 Å². The minimum absolute atomic E-state index is 0.127. The van der Waals surface area contributed by atoms with Gasteiger partial charge in [0.25, 0.3) is 0 Å². The quantitative estimate of drug-likeness (QED) is 0.671. The summed E-state index contributed by atoms with van der Waals surface area (Å²) >= 11 is 0. The number of likely N-dealkylation sites (N-methyl/N-ethyl adjacent to an activating group) is 1. The first-order valence-corrected chi connectivity index (χ1v) is 5.57. The topological polar surface area (TPSA) is 55.1 Å². The number of nitrogens with one attached hydrogen (secondary N) is 1. The predicted molar refractivity (Wildman–Crippen MR) is 58.1 cm³/mol. The largest absolute Gasteiger partial charge is 0.328 e. The zero-order valence-corrected chi connectivity index (χ0v) is 9.31. The van der Waals surface area contributed by atoms with Crippen LogP contribution in [0.25, 0.3) is 0 Å². The molecule has 0 aromatic rings. The lowest BCUT2D eigenvalue weighted by Gasteiger charge is -2.38. The Morgan fingerprint density at radius 2 is 2.21 bits per heavy atom. The average molecular weight is 198 g/mol. The molecule has 1 aliphatic carbocycles. The SMILES string of the molecule is CCN[C@H](CN)C(=O)CC1(C)CCC1. The number of carbonyl (C=O) groups excluding carboxylic acids is 1. The molecule has 1 saturated carbocycles. The summed E-state index contributed by atoms with van der Waals surface area (Å²) in [7, 11) is 0. The van der Waals surface area contributed by atoms with Crippen LogP contribution in [0.2, 0.25) is 0 Å². The lowest BCUT2D eigenvalue weighted by molar-refractivity contribution is -0.124. The van der Waals surface area contributed by atoms with Gasteiger partial charge in [0.2, 0.25) is 0 Å². The van der Waals surface area contributed by atoms with Crippen molar-refractivity contribution in [3.8, 4) is 0 Å². The van der Waals surface area contributed by atoms with Gasteiger partial charge >= 0.3 is 0 Å². The van der Waals surface area contributed by atoms with Crippen molar-refractivity contribution in [3.63, 3.8) is 0 Å². The molecule has 0 bridgehead atoms. The smallest absolute Gasteiger partial charge is 0.151 e. The normalized spacial score (nSPS) is 21.4. The van der Waals surface area contributed by atoms with E-state index in [1.807, 2.05) is 6.92 Å². The molecule has 1 aliphatic rings. The van der Waals surface area contributed by atoms with Crippen molar-refractivity contribution in [3.05, 3.63) is 0 Å². The second-order valence-electron chi connectivity index (χ2n) is 4.65. The standard InChI is InChI=1S/C11H22N2O/c1-3-13-9(8-12)10(14)7-11(2)5-4-6-11/h9,13H,3-8,12H2,1-2H3/t9-/m1/s1. The number of hydrogen-bond donors (Lipinski definition) is 2. The van der Waals surface area contributed by atoms with Gasteiger partial charge in [0.15, 0.2) is 5.78 Å². The van der Waals surface area contributed by atoms with E-state index in [1.54, 1.807) is 0 Å². The van der Waals surface area contributed by atoms with Gasteiger partial charge in [-0.2, -0.15) is 0 Å². The molecule has 0 amide bonds. The Morgan fingerprint density at radius 1 is 1.57 bits per heavy atom. The predicted octanol–water partition coefficient (Wildman–Crippen LogP) is 1.07. The van der Waals surface area contributed by atoms with Crippen LogP contribution in [-0.2, 0) is 4.79 Å². The van der Waals surface area contributed by atoms with Gasteiger partial charge in [-0.15, -0.1) is 0 Å². The molecule has 3 nitrogen and oxygen atoms in total. The molecule has 0 aromatic carbocycles. The molecule has 0 aliphatic heterocycles. The van der Waals surface area contributed by atoms with Crippen molar-refractivity contribution in [2.45, 2.75) is 45.6 Å². The molecular weight excluding hydrogens is 176 g/mol. The Hall–Kier alpha value is -0.410. The second kappa shape index (κ2) is 4.89. The number of ketones is 1. The van der Waals surface area contributed by atoms with Crippen molar-refractivity contribution in [1.82, 2.24) is 5.32 Å². The highest BCUT2D eigenvalue weighted by molar-refractivity contribution is 5.84. The third-order valence-corrected chi connectivity index (χ3v) is 3.24. The van der Waals surface area contributed by atoms with Crippen LogP contribution in [0.4, 0.5) is 0 Å². The Balaban J connectivity index is 2.38. The van der Waals surface area contributed by atoms with Gasteiger partial charge in [-0.25, -0.2) is 0 Å². The van der Waals surface area contributed by atoms with Crippen LogP contribution in [0, 0.1) is 5.41 Å². The van der Waals surface area contributed by atoms with E-state index in [2.05, 4.69) is 12.2 Å². The number of rotatable bonds is 6. The van der Waals surface area contributed by atoms with E-state index < -0.39 is 0 Å². The first-order chi connectivity index (χ1) is 6.61. The van der Waals surface area contributed by atoms with Crippen molar-refractivity contribution in [1.29, 1.82) is 0 Å². The fourth-order valence-electron chi connectivity index (χ4n) is 2.08. The average Bonchev–Trinajstić information content (AvgIpc) is 2.11.